The molecule has 2 atom stereocenters. The fraction of sp³-hybridized carbons (Fsp3) is 0.600. The molecule has 1 aliphatic carbocycles. The van der Waals surface area contributed by atoms with E-state index in [0.29, 0.717) is 25.1 Å². The van der Waals surface area contributed by atoms with Crippen LogP contribution in [0.5, 0.6) is 0 Å². The zero-order valence-electron chi connectivity index (χ0n) is 16.0. The van der Waals surface area contributed by atoms with Gasteiger partial charge in [-0.05, 0) is 43.9 Å². The van der Waals surface area contributed by atoms with Crippen LogP contribution in [0.2, 0.25) is 0 Å². The van der Waals surface area contributed by atoms with E-state index >= 15 is 0 Å². The van der Waals surface area contributed by atoms with E-state index in [2.05, 4.69) is 0 Å². The Bertz CT molecular complexity index is 736. The van der Waals surface area contributed by atoms with Crippen molar-refractivity contribution in [2.24, 2.45) is 5.92 Å². The first-order valence-electron chi connectivity index (χ1n) is 9.56. The van der Waals surface area contributed by atoms with Gasteiger partial charge in [0.05, 0.1) is 10.8 Å². The van der Waals surface area contributed by atoms with Crippen molar-refractivity contribution in [2.75, 3.05) is 20.1 Å². The molecule has 1 aromatic rings. The summed E-state index contributed by atoms with van der Waals surface area (Å²) in [5, 5.41) is -0.730. The largest absolute Gasteiger partial charge is 0.416 e. The third-order valence-corrected chi connectivity index (χ3v) is 6.86. The minimum Gasteiger partial charge on any atom is -0.345 e. The Kier molecular flexibility index (Phi) is 6.27. The van der Waals surface area contributed by atoms with Crippen LogP contribution in [0.25, 0.3) is 0 Å². The quantitative estimate of drug-likeness (QED) is 0.696. The van der Waals surface area contributed by atoms with Crippen molar-refractivity contribution < 1.29 is 22.8 Å². The molecule has 1 aliphatic heterocycles. The van der Waals surface area contributed by atoms with Crippen molar-refractivity contribution >= 4 is 23.6 Å². The van der Waals surface area contributed by atoms with Crippen LogP contribution < -0.4 is 0 Å². The lowest BCUT2D eigenvalue weighted by atomic mass is 9.84. The second-order valence-electron chi connectivity index (χ2n) is 7.53. The maximum Gasteiger partial charge on any atom is 0.416 e. The lowest BCUT2D eigenvalue weighted by Gasteiger charge is -2.30. The Morgan fingerprint density at radius 2 is 2.04 bits per heavy atom. The van der Waals surface area contributed by atoms with E-state index < -0.39 is 17.1 Å². The molecule has 0 N–H and O–H groups in total. The van der Waals surface area contributed by atoms with E-state index in [0.717, 1.165) is 31.4 Å². The zero-order chi connectivity index (χ0) is 20.5. The summed E-state index contributed by atoms with van der Waals surface area (Å²) in [6.45, 7) is 2.73. The maximum atomic E-state index is 13.0. The van der Waals surface area contributed by atoms with Crippen LogP contribution >= 0.6 is 11.8 Å². The SMILES string of the molecule is CC1SC(c2cccc(C(F)(F)F)c2)N(CCCN(C)C(=O)C2CCC2)C1=O. The molecule has 2 aliphatic rings. The molecule has 1 heterocycles. The summed E-state index contributed by atoms with van der Waals surface area (Å²) in [4.78, 5) is 28.1. The highest BCUT2D eigenvalue weighted by Crippen LogP contribution is 2.44. The topological polar surface area (TPSA) is 40.6 Å². The van der Waals surface area contributed by atoms with E-state index in [1.807, 2.05) is 0 Å². The standard InChI is InChI=1S/C20H25F3N2O2S/c1-13-17(26)25(11-5-10-24(2)18(27)14-6-3-7-14)19(28-13)15-8-4-9-16(12-15)20(21,22)23/h4,8-9,12-14,19H,3,5-7,10-11H2,1-2H3. The molecule has 0 bridgehead atoms. The van der Waals surface area contributed by atoms with Crippen LogP contribution in [-0.4, -0.2) is 47.0 Å². The number of carbonyl (C=O) groups is 2. The van der Waals surface area contributed by atoms with Crippen molar-refractivity contribution in [3.63, 3.8) is 0 Å². The molecule has 3 rings (SSSR count). The minimum absolute atomic E-state index is 0.0691. The van der Waals surface area contributed by atoms with Crippen molar-refractivity contribution in [1.29, 1.82) is 0 Å². The predicted octanol–water partition coefficient (Wildman–Crippen LogP) is 4.32. The summed E-state index contributed by atoms with van der Waals surface area (Å²) in [5.74, 6) is 0.211. The highest BCUT2D eigenvalue weighted by Gasteiger charge is 2.39. The van der Waals surface area contributed by atoms with Crippen LogP contribution in [0.3, 0.4) is 0 Å². The number of hydrogen-bond donors (Lipinski definition) is 0. The first-order chi connectivity index (χ1) is 13.2. The summed E-state index contributed by atoms with van der Waals surface area (Å²) in [6, 6.07) is 5.19. The van der Waals surface area contributed by atoms with Gasteiger partial charge < -0.3 is 9.80 Å². The van der Waals surface area contributed by atoms with E-state index in [4.69, 9.17) is 0 Å². The van der Waals surface area contributed by atoms with Gasteiger partial charge in [-0.3, -0.25) is 9.59 Å². The number of benzene rings is 1. The number of rotatable bonds is 6. The van der Waals surface area contributed by atoms with Gasteiger partial charge in [-0.15, -0.1) is 11.8 Å². The molecule has 0 aromatic heterocycles. The minimum atomic E-state index is -4.41. The molecule has 28 heavy (non-hydrogen) atoms. The molecule has 1 aromatic carbocycles. The number of thioether (sulfide) groups is 1. The average Bonchev–Trinajstić information content (AvgIpc) is 2.88. The molecular formula is C20H25F3N2O2S. The zero-order valence-corrected chi connectivity index (χ0v) is 16.9. The number of hydrogen-bond acceptors (Lipinski definition) is 3. The van der Waals surface area contributed by atoms with Crippen molar-refractivity contribution in [3.05, 3.63) is 35.4 Å². The third kappa shape index (κ3) is 4.47. The van der Waals surface area contributed by atoms with Gasteiger partial charge in [-0.25, -0.2) is 0 Å². The highest BCUT2D eigenvalue weighted by molar-refractivity contribution is 8.01. The van der Waals surface area contributed by atoms with Crippen LogP contribution in [0.4, 0.5) is 13.2 Å². The molecule has 2 fully saturated rings. The first kappa shape index (κ1) is 21.0. The average molecular weight is 414 g/mol. The molecule has 0 radical (unpaired) electrons. The molecule has 2 unspecified atom stereocenters. The van der Waals surface area contributed by atoms with Gasteiger partial charge in [0.1, 0.15) is 5.37 Å². The van der Waals surface area contributed by atoms with E-state index in [9.17, 15) is 22.8 Å². The molecule has 1 saturated carbocycles. The summed E-state index contributed by atoms with van der Waals surface area (Å²) < 4.78 is 39.1. The summed E-state index contributed by atoms with van der Waals surface area (Å²) in [5.41, 5.74) is -0.222. The lowest BCUT2D eigenvalue weighted by molar-refractivity contribution is -0.138. The van der Waals surface area contributed by atoms with Gasteiger partial charge in [0.2, 0.25) is 11.8 Å². The second kappa shape index (κ2) is 8.35. The second-order valence-corrected chi connectivity index (χ2v) is 8.95. The number of amides is 2. The number of halogens is 3. The van der Waals surface area contributed by atoms with Crippen molar-refractivity contribution in [1.82, 2.24) is 9.80 Å². The molecule has 8 heteroatoms. The van der Waals surface area contributed by atoms with Crippen LogP contribution in [-0.2, 0) is 15.8 Å². The fourth-order valence-corrected chi connectivity index (χ4v) is 4.88. The molecule has 0 spiro atoms. The third-order valence-electron chi connectivity index (χ3n) is 5.47. The molecule has 2 amide bonds. The Hall–Kier alpha value is -1.70. The monoisotopic (exact) mass is 414 g/mol. The Balaban J connectivity index is 1.65. The first-order valence-corrected chi connectivity index (χ1v) is 10.5. The van der Waals surface area contributed by atoms with Gasteiger partial charge in [0, 0.05) is 26.1 Å². The number of nitrogens with zero attached hydrogens (tertiary/aromatic N) is 2. The Morgan fingerprint density at radius 3 is 2.64 bits per heavy atom. The van der Waals surface area contributed by atoms with Gasteiger partial charge >= 0.3 is 6.18 Å². The maximum absolute atomic E-state index is 13.0. The fourth-order valence-electron chi connectivity index (χ4n) is 3.58. The van der Waals surface area contributed by atoms with Crippen LogP contribution in [0.1, 0.15) is 49.1 Å². The van der Waals surface area contributed by atoms with Crippen molar-refractivity contribution in [2.45, 2.75) is 49.4 Å². The summed E-state index contributed by atoms with van der Waals surface area (Å²) in [6.07, 6.45) is -0.826. The summed E-state index contributed by atoms with van der Waals surface area (Å²) >= 11 is 1.37. The van der Waals surface area contributed by atoms with Gasteiger partial charge in [0.15, 0.2) is 0 Å². The molecule has 4 nitrogen and oxygen atoms in total. The molecular weight excluding hydrogens is 389 g/mol. The Morgan fingerprint density at radius 1 is 1.32 bits per heavy atom. The van der Waals surface area contributed by atoms with Gasteiger partial charge in [-0.1, -0.05) is 18.6 Å². The molecule has 1 saturated heterocycles. The van der Waals surface area contributed by atoms with Gasteiger partial charge in [-0.2, -0.15) is 13.2 Å². The van der Waals surface area contributed by atoms with E-state index in [-0.39, 0.29) is 23.0 Å². The molecule has 154 valence electrons. The predicted molar refractivity (Wildman–Crippen MR) is 103 cm³/mol. The lowest BCUT2D eigenvalue weighted by Crippen LogP contribution is -2.38. The Labute approximate surface area is 167 Å². The normalized spacial score (nSPS) is 23.0. The van der Waals surface area contributed by atoms with Gasteiger partial charge in [0.25, 0.3) is 0 Å². The number of alkyl halides is 3. The number of carbonyl (C=O) groups excluding carboxylic acids is 2. The van der Waals surface area contributed by atoms with Crippen LogP contribution in [0.15, 0.2) is 24.3 Å². The highest BCUT2D eigenvalue weighted by atomic mass is 32.2. The van der Waals surface area contributed by atoms with Crippen LogP contribution in [0, 0.1) is 5.92 Å². The van der Waals surface area contributed by atoms with Crippen molar-refractivity contribution in [3.8, 4) is 0 Å². The van der Waals surface area contributed by atoms with E-state index in [1.54, 1.807) is 29.8 Å². The summed E-state index contributed by atoms with van der Waals surface area (Å²) in [7, 11) is 1.77. The van der Waals surface area contributed by atoms with E-state index in [1.165, 1.54) is 17.8 Å². The smallest absolute Gasteiger partial charge is 0.345 e.